The minimum absolute atomic E-state index is 0.0504. The number of hydrogen-bond acceptors (Lipinski definition) is 3. The van der Waals surface area contributed by atoms with E-state index in [1.165, 1.54) is 13.8 Å². The molecule has 0 aromatic carbocycles. The molecule has 5 nitrogen and oxygen atoms in total. The second-order valence-electron chi connectivity index (χ2n) is 4.03. The van der Waals surface area contributed by atoms with E-state index in [-0.39, 0.29) is 23.1 Å². The molecule has 1 heterocycles. The van der Waals surface area contributed by atoms with Gasteiger partial charge >= 0.3 is 5.97 Å². The third-order valence-corrected chi connectivity index (χ3v) is 2.78. The Hall–Kier alpha value is -2.17. The van der Waals surface area contributed by atoms with Crippen molar-refractivity contribution < 1.29 is 14.7 Å². The van der Waals surface area contributed by atoms with Gasteiger partial charge < -0.3 is 10.4 Å². The van der Waals surface area contributed by atoms with Crippen molar-refractivity contribution in [3.05, 3.63) is 41.2 Å². The molecule has 1 rings (SSSR count). The molecule has 0 aliphatic rings. The monoisotopic (exact) mass is 248 g/mol. The Kier molecular flexibility index (Phi) is 4.59. The highest BCUT2D eigenvalue weighted by Crippen LogP contribution is 2.12. The van der Waals surface area contributed by atoms with E-state index >= 15 is 0 Å². The first-order valence-corrected chi connectivity index (χ1v) is 5.55. The summed E-state index contributed by atoms with van der Waals surface area (Å²) in [5.41, 5.74) is 1.18. The smallest absolute Gasteiger partial charge is 0.331 e. The lowest BCUT2D eigenvalue weighted by Crippen LogP contribution is -2.28. The number of carboxylic acids is 1. The largest absolute Gasteiger partial charge is 0.478 e. The maximum atomic E-state index is 11.8. The fourth-order valence-electron chi connectivity index (χ4n) is 1.37. The van der Waals surface area contributed by atoms with Crippen molar-refractivity contribution in [1.29, 1.82) is 0 Å². The molecule has 0 bridgehead atoms. The highest BCUT2D eigenvalue weighted by Gasteiger charge is 2.15. The number of carbonyl (C=O) groups is 2. The minimum Gasteiger partial charge on any atom is -0.478 e. The van der Waals surface area contributed by atoms with Crippen LogP contribution in [0, 0.1) is 0 Å². The Bertz CT molecular complexity index is 480. The number of amides is 1. The van der Waals surface area contributed by atoms with Gasteiger partial charge in [-0.1, -0.05) is 0 Å². The molecule has 2 N–H and O–H groups in total. The number of nitrogens with one attached hydrogen (secondary N) is 1. The lowest BCUT2D eigenvalue weighted by molar-refractivity contribution is -0.133. The summed E-state index contributed by atoms with van der Waals surface area (Å²) >= 11 is 0. The van der Waals surface area contributed by atoms with Crippen molar-refractivity contribution in [2.24, 2.45) is 0 Å². The maximum absolute atomic E-state index is 11.8. The van der Waals surface area contributed by atoms with Gasteiger partial charge in [0.05, 0.1) is 6.04 Å². The minimum atomic E-state index is -1.08. The zero-order valence-corrected chi connectivity index (χ0v) is 10.6. The van der Waals surface area contributed by atoms with Crippen molar-refractivity contribution in [1.82, 2.24) is 10.3 Å². The number of pyridine rings is 1. The van der Waals surface area contributed by atoms with Crippen molar-refractivity contribution in [3.63, 3.8) is 0 Å². The predicted molar refractivity (Wildman–Crippen MR) is 66.8 cm³/mol. The van der Waals surface area contributed by atoms with E-state index in [4.69, 9.17) is 5.11 Å². The van der Waals surface area contributed by atoms with Crippen LogP contribution >= 0.6 is 0 Å². The fraction of sp³-hybridized carbons (Fsp3) is 0.308. The summed E-state index contributed by atoms with van der Waals surface area (Å²) < 4.78 is 0. The second kappa shape index (κ2) is 5.95. The molecule has 1 amide bonds. The summed E-state index contributed by atoms with van der Waals surface area (Å²) in [5, 5.41) is 11.6. The number of hydrogen-bond donors (Lipinski definition) is 2. The predicted octanol–water partition coefficient (Wildman–Crippen LogP) is 1.68. The van der Waals surface area contributed by atoms with Crippen molar-refractivity contribution in [2.75, 3.05) is 0 Å². The SMILES string of the molecule is C/C(C(=O)O)=C(\C)C(=O)NC(C)c1ccncc1. The molecule has 1 atom stereocenters. The van der Waals surface area contributed by atoms with Crippen LogP contribution in [0.3, 0.4) is 0 Å². The first-order valence-electron chi connectivity index (χ1n) is 5.55. The van der Waals surface area contributed by atoms with E-state index in [9.17, 15) is 9.59 Å². The van der Waals surface area contributed by atoms with Crippen LogP contribution in [0.5, 0.6) is 0 Å². The molecule has 1 aromatic heterocycles. The quantitative estimate of drug-likeness (QED) is 0.794. The van der Waals surface area contributed by atoms with E-state index in [0.29, 0.717) is 0 Å². The standard InChI is InChI=1S/C13H16N2O3/c1-8(9(2)13(17)18)12(16)15-10(3)11-4-6-14-7-5-11/h4-7,10H,1-3H3,(H,15,16)(H,17,18)/b9-8-. The van der Waals surface area contributed by atoms with Crippen LogP contribution in [0.1, 0.15) is 32.4 Å². The van der Waals surface area contributed by atoms with Gasteiger partial charge in [-0.2, -0.15) is 0 Å². The van der Waals surface area contributed by atoms with Crippen LogP contribution in [0.25, 0.3) is 0 Å². The molecule has 0 spiro atoms. The summed E-state index contributed by atoms with van der Waals surface area (Å²) in [4.78, 5) is 26.5. The highest BCUT2D eigenvalue weighted by atomic mass is 16.4. The number of rotatable bonds is 4. The molecule has 0 saturated carbocycles. The van der Waals surface area contributed by atoms with Crippen LogP contribution < -0.4 is 5.32 Å². The molecule has 1 unspecified atom stereocenters. The third-order valence-electron chi connectivity index (χ3n) is 2.78. The molecule has 18 heavy (non-hydrogen) atoms. The number of carboxylic acid groups (broad SMARTS) is 1. The molecular formula is C13H16N2O3. The Balaban J connectivity index is 2.78. The lowest BCUT2D eigenvalue weighted by atomic mass is 10.1. The van der Waals surface area contributed by atoms with Gasteiger partial charge in [-0.3, -0.25) is 9.78 Å². The van der Waals surface area contributed by atoms with E-state index in [0.717, 1.165) is 5.56 Å². The molecule has 0 aliphatic carbocycles. The molecular weight excluding hydrogens is 232 g/mol. The van der Waals surface area contributed by atoms with Crippen LogP contribution in [-0.2, 0) is 9.59 Å². The summed E-state index contributed by atoms with van der Waals surface area (Å²) in [6.45, 7) is 4.74. The van der Waals surface area contributed by atoms with E-state index in [1.54, 1.807) is 24.5 Å². The number of aromatic nitrogens is 1. The molecule has 1 aromatic rings. The van der Waals surface area contributed by atoms with Crippen molar-refractivity contribution >= 4 is 11.9 Å². The number of nitrogens with zero attached hydrogens (tertiary/aromatic N) is 1. The first-order chi connectivity index (χ1) is 8.43. The Morgan fingerprint density at radius 2 is 1.78 bits per heavy atom. The highest BCUT2D eigenvalue weighted by molar-refractivity contribution is 6.01. The molecule has 96 valence electrons. The van der Waals surface area contributed by atoms with Gasteiger partial charge in [0.2, 0.25) is 5.91 Å². The maximum Gasteiger partial charge on any atom is 0.331 e. The second-order valence-corrected chi connectivity index (χ2v) is 4.03. The number of aliphatic carboxylic acids is 1. The summed E-state index contributed by atoms with van der Waals surface area (Å²) in [6.07, 6.45) is 3.28. The van der Waals surface area contributed by atoms with Gasteiger partial charge in [0.15, 0.2) is 0 Å². The van der Waals surface area contributed by atoms with Crippen LogP contribution in [0.15, 0.2) is 35.7 Å². The zero-order valence-electron chi connectivity index (χ0n) is 10.6. The normalized spacial score (nSPS) is 13.5. The summed E-state index contributed by atoms with van der Waals surface area (Å²) in [7, 11) is 0. The van der Waals surface area contributed by atoms with Gasteiger partial charge in [0.25, 0.3) is 0 Å². The molecule has 0 saturated heterocycles. The van der Waals surface area contributed by atoms with Crippen LogP contribution in [0.2, 0.25) is 0 Å². The van der Waals surface area contributed by atoms with E-state index in [1.807, 2.05) is 6.92 Å². The van der Waals surface area contributed by atoms with Gasteiger partial charge in [0.1, 0.15) is 0 Å². The van der Waals surface area contributed by atoms with Gasteiger partial charge in [-0.05, 0) is 38.5 Å². The topological polar surface area (TPSA) is 79.3 Å². The van der Waals surface area contributed by atoms with Gasteiger partial charge in [-0.25, -0.2) is 4.79 Å². The summed E-state index contributed by atoms with van der Waals surface area (Å²) in [6, 6.07) is 3.40. The molecule has 5 heteroatoms. The van der Waals surface area contributed by atoms with Crippen LogP contribution in [0.4, 0.5) is 0 Å². The average Bonchev–Trinajstić information content (AvgIpc) is 2.37. The van der Waals surface area contributed by atoms with Crippen molar-refractivity contribution in [3.8, 4) is 0 Å². The molecule has 0 aliphatic heterocycles. The third kappa shape index (κ3) is 3.41. The molecule has 0 radical (unpaired) electrons. The van der Waals surface area contributed by atoms with Gasteiger partial charge in [0, 0.05) is 23.5 Å². The Morgan fingerprint density at radius 3 is 2.28 bits per heavy atom. The summed E-state index contributed by atoms with van der Waals surface area (Å²) in [5.74, 6) is -1.46. The average molecular weight is 248 g/mol. The van der Waals surface area contributed by atoms with E-state index in [2.05, 4.69) is 10.3 Å². The fourth-order valence-corrected chi connectivity index (χ4v) is 1.37. The van der Waals surface area contributed by atoms with E-state index < -0.39 is 5.97 Å². The van der Waals surface area contributed by atoms with Gasteiger partial charge in [-0.15, -0.1) is 0 Å². The zero-order chi connectivity index (χ0) is 13.7. The first kappa shape index (κ1) is 13.9. The Morgan fingerprint density at radius 1 is 1.22 bits per heavy atom. The number of carbonyl (C=O) groups excluding carboxylic acids is 1. The lowest BCUT2D eigenvalue weighted by Gasteiger charge is -2.14. The van der Waals surface area contributed by atoms with Crippen LogP contribution in [-0.4, -0.2) is 22.0 Å². The van der Waals surface area contributed by atoms with Crippen molar-refractivity contribution in [2.45, 2.75) is 26.8 Å². The molecule has 0 fully saturated rings. The Labute approximate surface area is 106 Å².